The zero-order valence-corrected chi connectivity index (χ0v) is 24.8. The van der Waals surface area contributed by atoms with Gasteiger partial charge in [0.15, 0.2) is 0 Å². The lowest BCUT2D eigenvalue weighted by Gasteiger charge is -2.19. The van der Waals surface area contributed by atoms with Crippen molar-refractivity contribution in [1.29, 1.82) is 0 Å². The van der Waals surface area contributed by atoms with Crippen molar-refractivity contribution in [3.05, 3.63) is 65.5 Å². The first kappa shape index (κ1) is 28.2. The minimum Gasteiger partial charge on any atom is -0.478 e. The van der Waals surface area contributed by atoms with Gasteiger partial charge in [0.1, 0.15) is 26.9 Å². The quantitative estimate of drug-likeness (QED) is 0.213. The number of carboxylic acid groups (broad SMARTS) is 1. The van der Waals surface area contributed by atoms with Gasteiger partial charge in [-0.2, -0.15) is 0 Å². The molecule has 2 aromatic carbocycles. The lowest BCUT2D eigenvalue weighted by atomic mass is 9.92. The molecule has 0 saturated heterocycles. The number of fused-ring (bicyclic) bond motifs is 1. The molecule has 2 heterocycles. The largest absolute Gasteiger partial charge is 0.478 e. The SMILES string of the molecule is CC(C)Sc1nnc(SC(C)C)c2c1nc(CC(C)(C)C)n2Cc1ccc(-c2ccccc2C(=O)O)cc1. The fraction of sp³-hybridized carbons (Fsp3) is 0.400. The van der Waals surface area contributed by atoms with Crippen LogP contribution in [-0.4, -0.2) is 41.3 Å². The van der Waals surface area contributed by atoms with E-state index in [9.17, 15) is 9.90 Å². The maximum absolute atomic E-state index is 11.7. The van der Waals surface area contributed by atoms with E-state index in [0.717, 1.165) is 44.5 Å². The Bertz CT molecular complexity index is 1440. The molecule has 0 aliphatic carbocycles. The van der Waals surface area contributed by atoms with Crippen LogP contribution in [0.5, 0.6) is 0 Å². The molecule has 38 heavy (non-hydrogen) atoms. The van der Waals surface area contributed by atoms with E-state index >= 15 is 0 Å². The molecule has 6 nitrogen and oxygen atoms in total. The Balaban J connectivity index is 1.82. The van der Waals surface area contributed by atoms with Crippen LogP contribution in [-0.2, 0) is 13.0 Å². The van der Waals surface area contributed by atoms with Gasteiger partial charge in [-0.1, -0.05) is 114 Å². The number of nitrogens with zero attached hydrogens (tertiary/aromatic N) is 4. The van der Waals surface area contributed by atoms with E-state index in [1.54, 1.807) is 35.7 Å². The minimum atomic E-state index is -0.923. The van der Waals surface area contributed by atoms with Crippen molar-refractivity contribution in [1.82, 2.24) is 19.7 Å². The van der Waals surface area contributed by atoms with Crippen LogP contribution in [0.2, 0.25) is 0 Å². The first-order valence-corrected chi connectivity index (χ1v) is 14.7. The van der Waals surface area contributed by atoms with E-state index in [2.05, 4.69) is 75.4 Å². The summed E-state index contributed by atoms with van der Waals surface area (Å²) in [5, 5.41) is 21.4. The van der Waals surface area contributed by atoms with Crippen LogP contribution in [0.25, 0.3) is 22.2 Å². The molecule has 1 N–H and O–H groups in total. The Labute approximate surface area is 233 Å². The number of hydrogen-bond acceptors (Lipinski definition) is 6. The van der Waals surface area contributed by atoms with Crippen LogP contribution in [0.3, 0.4) is 0 Å². The van der Waals surface area contributed by atoms with Gasteiger partial charge >= 0.3 is 5.97 Å². The molecule has 2 aromatic heterocycles. The van der Waals surface area contributed by atoms with Gasteiger partial charge in [-0.15, -0.1) is 10.2 Å². The number of aromatic carboxylic acids is 1. The third-order valence-corrected chi connectivity index (χ3v) is 7.77. The van der Waals surface area contributed by atoms with Crippen molar-refractivity contribution >= 4 is 40.5 Å². The van der Waals surface area contributed by atoms with Crippen LogP contribution in [0, 0.1) is 5.41 Å². The highest BCUT2D eigenvalue weighted by Gasteiger charge is 2.24. The van der Waals surface area contributed by atoms with Gasteiger partial charge in [-0.05, 0) is 28.2 Å². The van der Waals surface area contributed by atoms with E-state index in [4.69, 9.17) is 4.98 Å². The van der Waals surface area contributed by atoms with E-state index < -0.39 is 5.97 Å². The van der Waals surface area contributed by atoms with Crippen LogP contribution >= 0.6 is 23.5 Å². The molecule has 0 amide bonds. The summed E-state index contributed by atoms with van der Waals surface area (Å²) in [5.74, 6) is 0.103. The highest BCUT2D eigenvalue weighted by molar-refractivity contribution is 8.00. The van der Waals surface area contributed by atoms with E-state index in [-0.39, 0.29) is 5.41 Å². The van der Waals surface area contributed by atoms with Crippen LogP contribution in [0.1, 0.15) is 70.2 Å². The maximum Gasteiger partial charge on any atom is 0.336 e. The summed E-state index contributed by atoms with van der Waals surface area (Å²) in [4.78, 5) is 16.9. The average molecular weight is 549 g/mol. The lowest BCUT2D eigenvalue weighted by molar-refractivity contribution is 0.0697. The predicted octanol–water partition coefficient (Wildman–Crippen LogP) is 7.83. The fourth-order valence-electron chi connectivity index (χ4n) is 4.33. The lowest BCUT2D eigenvalue weighted by Crippen LogP contribution is -2.15. The van der Waals surface area contributed by atoms with Gasteiger partial charge in [0, 0.05) is 23.5 Å². The summed E-state index contributed by atoms with van der Waals surface area (Å²) in [7, 11) is 0. The van der Waals surface area contributed by atoms with Gasteiger partial charge in [-0.25, -0.2) is 9.78 Å². The van der Waals surface area contributed by atoms with E-state index in [1.165, 1.54) is 0 Å². The number of hydrogen-bond donors (Lipinski definition) is 1. The highest BCUT2D eigenvalue weighted by Crippen LogP contribution is 2.36. The molecule has 0 aliphatic rings. The second kappa shape index (κ2) is 11.5. The van der Waals surface area contributed by atoms with Crippen molar-refractivity contribution < 1.29 is 9.90 Å². The number of carboxylic acids is 1. The number of thioether (sulfide) groups is 2. The molecular formula is C30H36N4O2S2. The van der Waals surface area contributed by atoms with Crippen molar-refractivity contribution in [3.8, 4) is 11.1 Å². The Morgan fingerprint density at radius 3 is 2.13 bits per heavy atom. The third kappa shape index (κ3) is 6.59. The van der Waals surface area contributed by atoms with Crippen molar-refractivity contribution in [2.24, 2.45) is 5.41 Å². The molecule has 4 aromatic rings. The van der Waals surface area contributed by atoms with E-state index in [1.807, 2.05) is 24.3 Å². The molecule has 4 rings (SSSR count). The summed E-state index contributed by atoms with van der Waals surface area (Å²) >= 11 is 3.41. The second-order valence-corrected chi connectivity index (χ2v) is 14.4. The molecule has 0 fully saturated rings. The predicted molar refractivity (Wildman–Crippen MR) is 158 cm³/mol. The Hall–Kier alpha value is -2.84. The maximum atomic E-state index is 11.7. The summed E-state index contributed by atoms with van der Waals surface area (Å²) in [6, 6.07) is 15.3. The molecule has 0 unspecified atom stereocenters. The topological polar surface area (TPSA) is 80.9 Å². The highest BCUT2D eigenvalue weighted by atomic mass is 32.2. The zero-order chi connectivity index (χ0) is 27.6. The third-order valence-electron chi connectivity index (χ3n) is 5.83. The Morgan fingerprint density at radius 2 is 1.53 bits per heavy atom. The van der Waals surface area contributed by atoms with Crippen LogP contribution in [0.15, 0.2) is 58.6 Å². The molecule has 0 bridgehead atoms. The zero-order valence-electron chi connectivity index (χ0n) is 23.1. The van der Waals surface area contributed by atoms with Crippen LogP contribution < -0.4 is 0 Å². The van der Waals surface area contributed by atoms with Gasteiger partial charge in [0.05, 0.1) is 5.56 Å². The number of aromatic nitrogens is 4. The standard InChI is InChI=1S/C30H36N4O2S2/c1-18(2)37-27-25-26(28(33-32-27)38-19(3)4)34(24(31-25)16-30(5,6)7)17-20-12-14-21(15-13-20)22-10-8-9-11-23(22)29(35)36/h8-15,18-19H,16-17H2,1-7H3,(H,35,36). The summed E-state index contributed by atoms with van der Waals surface area (Å²) in [6.45, 7) is 16.0. The first-order valence-electron chi connectivity index (χ1n) is 12.9. The minimum absolute atomic E-state index is 0.0566. The smallest absolute Gasteiger partial charge is 0.336 e. The van der Waals surface area contributed by atoms with Crippen molar-refractivity contribution in [3.63, 3.8) is 0 Å². The second-order valence-electron chi connectivity index (χ2n) is 11.2. The Kier molecular flexibility index (Phi) is 8.52. The van der Waals surface area contributed by atoms with Gasteiger partial charge < -0.3 is 9.67 Å². The van der Waals surface area contributed by atoms with Crippen molar-refractivity contribution in [2.75, 3.05) is 0 Å². The average Bonchev–Trinajstić information content (AvgIpc) is 3.17. The molecule has 200 valence electrons. The molecule has 0 saturated carbocycles. The van der Waals surface area contributed by atoms with E-state index in [0.29, 0.717) is 28.2 Å². The van der Waals surface area contributed by atoms with Crippen molar-refractivity contribution in [2.45, 2.75) is 82.0 Å². The molecule has 0 atom stereocenters. The molecule has 0 spiro atoms. The van der Waals surface area contributed by atoms with Gasteiger partial charge in [-0.3, -0.25) is 0 Å². The summed E-state index contributed by atoms with van der Waals surface area (Å²) in [5.41, 5.74) is 5.04. The van der Waals surface area contributed by atoms with Gasteiger partial charge in [0.25, 0.3) is 0 Å². The first-order chi connectivity index (χ1) is 17.9. The summed E-state index contributed by atoms with van der Waals surface area (Å²) in [6.07, 6.45) is 0.823. The van der Waals surface area contributed by atoms with Gasteiger partial charge in [0.2, 0.25) is 0 Å². The molecular weight excluding hydrogens is 512 g/mol. The summed E-state index contributed by atoms with van der Waals surface area (Å²) < 4.78 is 2.31. The molecule has 0 aliphatic heterocycles. The number of imidazole rings is 1. The van der Waals surface area contributed by atoms with Crippen LogP contribution in [0.4, 0.5) is 0 Å². The number of benzene rings is 2. The number of rotatable bonds is 9. The molecule has 0 radical (unpaired) electrons. The monoisotopic (exact) mass is 548 g/mol. The normalized spacial score (nSPS) is 12.1. The fourth-order valence-corrected chi connectivity index (χ4v) is 5.97. The number of carbonyl (C=O) groups is 1. The Morgan fingerprint density at radius 1 is 0.921 bits per heavy atom. The molecule has 8 heteroatoms.